The van der Waals surface area contributed by atoms with Crippen LogP contribution in [-0.2, 0) is 0 Å². The Morgan fingerprint density at radius 1 is 1.23 bits per heavy atom. The first kappa shape index (κ1) is 9.22. The lowest BCUT2D eigenvalue weighted by atomic mass is 9.62. The first-order chi connectivity index (χ1) is 6.08. The molecule has 0 bridgehead atoms. The van der Waals surface area contributed by atoms with E-state index in [2.05, 4.69) is 0 Å². The predicted molar refractivity (Wildman–Crippen MR) is 51.3 cm³/mol. The maximum atomic E-state index is 10.4. The monoisotopic (exact) mass is 182 g/mol. The second-order valence-electron chi connectivity index (χ2n) is 4.58. The van der Waals surface area contributed by atoms with E-state index < -0.39 is 11.2 Å². The largest absolute Gasteiger partial charge is 0.387 e. The van der Waals surface area contributed by atoms with Crippen LogP contribution in [0.4, 0.5) is 0 Å². The second kappa shape index (κ2) is 2.82. The average Bonchev–Trinajstić information content (AvgIpc) is 2.09. The zero-order valence-corrected chi connectivity index (χ0v) is 8.16. The summed E-state index contributed by atoms with van der Waals surface area (Å²) in [5, 5.41) is 20.7. The number of aliphatic hydroxyl groups is 2. The van der Waals surface area contributed by atoms with Gasteiger partial charge in [0.2, 0.25) is 0 Å². The Morgan fingerprint density at radius 2 is 1.92 bits per heavy atom. The van der Waals surface area contributed by atoms with E-state index >= 15 is 0 Å². The zero-order valence-electron chi connectivity index (χ0n) is 8.16. The van der Waals surface area contributed by atoms with Crippen molar-refractivity contribution in [2.45, 2.75) is 50.2 Å². The first-order valence-corrected chi connectivity index (χ1v) is 5.20. The lowest BCUT2D eigenvalue weighted by Crippen LogP contribution is -2.60. The Morgan fingerprint density at radius 3 is 2.62 bits per heavy atom. The number of hydrogen-bond donors (Lipinski definition) is 2. The number of fused-ring (bicyclic) bond motifs is 1. The third-order valence-corrected chi connectivity index (χ3v) is 3.84. The molecule has 1 saturated carbocycles. The van der Waals surface area contributed by atoms with Crippen molar-refractivity contribution in [2.75, 3.05) is 0 Å². The van der Waals surface area contributed by atoms with Crippen LogP contribution >= 0.6 is 0 Å². The molecule has 74 valence electrons. The maximum Gasteiger partial charge on any atom is 0.0995 e. The van der Waals surface area contributed by atoms with E-state index in [1.54, 1.807) is 0 Å². The van der Waals surface area contributed by atoms with Gasteiger partial charge in [0.1, 0.15) is 0 Å². The SMILES string of the molecule is C[C@H]1C=CC[C@]2(O)CCCC[C@]12O. The highest BCUT2D eigenvalue weighted by Crippen LogP contribution is 2.47. The van der Waals surface area contributed by atoms with Crippen LogP contribution in [0.1, 0.15) is 39.0 Å². The molecular weight excluding hydrogens is 164 g/mol. The Hall–Kier alpha value is -0.340. The minimum Gasteiger partial charge on any atom is -0.387 e. The summed E-state index contributed by atoms with van der Waals surface area (Å²) in [6.45, 7) is 1.99. The molecule has 0 unspecified atom stereocenters. The van der Waals surface area contributed by atoms with Gasteiger partial charge in [-0.05, 0) is 19.3 Å². The molecular formula is C11H18O2. The van der Waals surface area contributed by atoms with Crippen LogP contribution in [0.15, 0.2) is 12.2 Å². The molecule has 0 aromatic heterocycles. The van der Waals surface area contributed by atoms with Gasteiger partial charge in [0.25, 0.3) is 0 Å². The molecule has 13 heavy (non-hydrogen) atoms. The van der Waals surface area contributed by atoms with E-state index in [1.807, 2.05) is 19.1 Å². The van der Waals surface area contributed by atoms with Crippen molar-refractivity contribution in [3.05, 3.63) is 12.2 Å². The molecule has 0 radical (unpaired) electrons. The topological polar surface area (TPSA) is 40.5 Å². The van der Waals surface area contributed by atoms with Gasteiger partial charge in [-0.3, -0.25) is 0 Å². The molecule has 2 rings (SSSR count). The summed E-state index contributed by atoms with van der Waals surface area (Å²) in [5.41, 5.74) is -1.71. The molecule has 3 atom stereocenters. The molecule has 2 heteroatoms. The summed E-state index contributed by atoms with van der Waals surface area (Å²) < 4.78 is 0. The van der Waals surface area contributed by atoms with E-state index in [9.17, 15) is 10.2 Å². The molecule has 2 N–H and O–H groups in total. The average molecular weight is 182 g/mol. The standard InChI is InChI=1S/C11H18O2/c1-9-5-4-7-10(12)6-2-3-8-11(9,10)13/h4-5,9,12-13H,2-3,6-8H2,1H3/t9-,10+,11-/m0/s1. The van der Waals surface area contributed by atoms with E-state index in [0.29, 0.717) is 6.42 Å². The van der Waals surface area contributed by atoms with Crippen molar-refractivity contribution in [1.29, 1.82) is 0 Å². The van der Waals surface area contributed by atoms with E-state index in [1.165, 1.54) is 0 Å². The van der Waals surface area contributed by atoms with Crippen molar-refractivity contribution in [3.8, 4) is 0 Å². The molecule has 0 saturated heterocycles. The van der Waals surface area contributed by atoms with Gasteiger partial charge in [-0.2, -0.15) is 0 Å². The van der Waals surface area contributed by atoms with Crippen LogP contribution in [-0.4, -0.2) is 21.4 Å². The van der Waals surface area contributed by atoms with Gasteiger partial charge in [-0.1, -0.05) is 31.9 Å². The van der Waals surface area contributed by atoms with Crippen LogP contribution in [0.2, 0.25) is 0 Å². The molecule has 0 aliphatic heterocycles. The van der Waals surface area contributed by atoms with Crippen molar-refractivity contribution in [2.24, 2.45) is 5.92 Å². The summed E-state index contributed by atoms with van der Waals surface area (Å²) in [6, 6.07) is 0. The highest BCUT2D eigenvalue weighted by molar-refractivity contribution is 5.16. The van der Waals surface area contributed by atoms with Crippen LogP contribution in [0, 0.1) is 5.92 Å². The normalized spacial score (nSPS) is 50.2. The summed E-state index contributed by atoms with van der Waals surface area (Å²) in [4.78, 5) is 0. The summed E-state index contributed by atoms with van der Waals surface area (Å²) >= 11 is 0. The molecule has 1 fully saturated rings. The zero-order chi connectivity index (χ0) is 9.53. The fourth-order valence-corrected chi connectivity index (χ4v) is 2.82. The van der Waals surface area contributed by atoms with Gasteiger partial charge in [0, 0.05) is 5.92 Å². The van der Waals surface area contributed by atoms with Crippen LogP contribution < -0.4 is 0 Å². The van der Waals surface area contributed by atoms with Gasteiger partial charge < -0.3 is 10.2 Å². The second-order valence-corrected chi connectivity index (χ2v) is 4.58. The fourth-order valence-electron chi connectivity index (χ4n) is 2.82. The Kier molecular flexibility index (Phi) is 2.00. The molecule has 2 aliphatic rings. The smallest absolute Gasteiger partial charge is 0.0995 e. The molecule has 2 aliphatic carbocycles. The molecule has 0 spiro atoms. The third kappa shape index (κ3) is 1.16. The highest BCUT2D eigenvalue weighted by atomic mass is 16.4. The van der Waals surface area contributed by atoms with Crippen molar-refractivity contribution in [1.82, 2.24) is 0 Å². The van der Waals surface area contributed by atoms with Gasteiger partial charge in [0.05, 0.1) is 11.2 Å². The first-order valence-electron chi connectivity index (χ1n) is 5.20. The third-order valence-electron chi connectivity index (χ3n) is 3.84. The highest BCUT2D eigenvalue weighted by Gasteiger charge is 2.53. The van der Waals surface area contributed by atoms with Gasteiger partial charge >= 0.3 is 0 Å². The van der Waals surface area contributed by atoms with Gasteiger partial charge in [-0.25, -0.2) is 0 Å². The minimum atomic E-state index is -0.861. The van der Waals surface area contributed by atoms with Gasteiger partial charge in [0.15, 0.2) is 0 Å². The lowest BCUT2D eigenvalue weighted by molar-refractivity contribution is -0.195. The molecule has 0 aromatic rings. The number of rotatable bonds is 0. The fraction of sp³-hybridized carbons (Fsp3) is 0.818. The van der Waals surface area contributed by atoms with E-state index in [4.69, 9.17) is 0 Å². The van der Waals surface area contributed by atoms with Crippen molar-refractivity contribution in [3.63, 3.8) is 0 Å². The summed E-state index contributed by atoms with van der Waals surface area (Å²) in [7, 11) is 0. The lowest BCUT2D eigenvalue weighted by Gasteiger charge is -2.51. The van der Waals surface area contributed by atoms with Crippen molar-refractivity contribution >= 4 is 0 Å². The van der Waals surface area contributed by atoms with Crippen LogP contribution in [0.5, 0.6) is 0 Å². The Bertz CT molecular complexity index is 236. The molecule has 0 heterocycles. The molecule has 0 aromatic carbocycles. The minimum absolute atomic E-state index is 0.0894. The molecule has 0 amide bonds. The van der Waals surface area contributed by atoms with Crippen LogP contribution in [0.3, 0.4) is 0 Å². The maximum absolute atomic E-state index is 10.4. The number of hydrogen-bond acceptors (Lipinski definition) is 2. The van der Waals surface area contributed by atoms with E-state index in [0.717, 1.165) is 25.7 Å². The van der Waals surface area contributed by atoms with Crippen LogP contribution in [0.25, 0.3) is 0 Å². The quantitative estimate of drug-likeness (QED) is 0.559. The van der Waals surface area contributed by atoms with Crippen molar-refractivity contribution < 1.29 is 10.2 Å². The van der Waals surface area contributed by atoms with Gasteiger partial charge in [-0.15, -0.1) is 0 Å². The Labute approximate surface area is 79.3 Å². The Balaban J connectivity index is 2.35. The van der Waals surface area contributed by atoms with E-state index in [-0.39, 0.29) is 5.92 Å². The summed E-state index contributed by atoms with van der Waals surface area (Å²) in [5.74, 6) is 0.0894. The predicted octanol–water partition coefficient (Wildman–Crippen LogP) is 1.62. The summed E-state index contributed by atoms with van der Waals surface area (Å²) in [6.07, 6.45) is 8.22. The molecule has 2 nitrogen and oxygen atoms in total.